The Morgan fingerprint density at radius 3 is 3.04 bits per heavy atom. The number of ether oxygens (including phenoxy) is 1. The highest BCUT2D eigenvalue weighted by Gasteiger charge is 2.44. The molecule has 6 nitrogen and oxygen atoms in total. The van der Waals surface area contributed by atoms with E-state index in [0.29, 0.717) is 6.04 Å². The fraction of sp³-hybridized carbons (Fsp3) is 0.526. The van der Waals surface area contributed by atoms with E-state index in [4.69, 9.17) is 4.74 Å². The lowest BCUT2D eigenvalue weighted by Gasteiger charge is -2.40. The second-order valence-corrected chi connectivity index (χ2v) is 7.18. The summed E-state index contributed by atoms with van der Waals surface area (Å²) in [4.78, 5) is 17.8. The van der Waals surface area contributed by atoms with Crippen LogP contribution >= 0.6 is 0 Å². The van der Waals surface area contributed by atoms with E-state index in [-0.39, 0.29) is 5.60 Å². The second kappa shape index (κ2) is 7.06. The molecule has 2 unspecified atom stereocenters. The monoisotopic (exact) mass is 339 g/mol. The first-order valence-electron chi connectivity index (χ1n) is 8.99. The summed E-state index contributed by atoms with van der Waals surface area (Å²) in [5, 5.41) is 0. The highest BCUT2D eigenvalue weighted by atomic mass is 16.5. The number of likely N-dealkylation sites (N-methyl/N-ethyl adjacent to an activating group) is 1. The first kappa shape index (κ1) is 16.4. The lowest BCUT2D eigenvalue weighted by Crippen LogP contribution is -2.49. The number of aromatic nitrogens is 3. The van der Waals surface area contributed by atoms with E-state index in [1.807, 2.05) is 24.5 Å². The van der Waals surface area contributed by atoms with E-state index in [2.05, 4.69) is 37.9 Å². The van der Waals surface area contributed by atoms with Crippen LogP contribution in [0.3, 0.4) is 0 Å². The van der Waals surface area contributed by atoms with Gasteiger partial charge >= 0.3 is 0 Å². The quantitative estimate of drug-likeness (QED) is 0.851. The highest BCUT2D eigenvalue weighted by Crippen LogP contribution is 2.37. The molecule has 2 fully saturated rings. The Balaban J connectivity index is 1.40. The van der Waals surface area contributed by atoms with Crippen LogP contribution in [0.1, 0.15) is 25.0 Å². The van der Waals surface area contributed by atoms with E-state index in [0.717, 1.165) is 57.0 Å². The summed E-state index contributed by atoms with van der Waals surface area (Å²) >= 11 is 0. The van der Waals surface area contributed by atoms with Crippen molar-refractivity contribution in [1.29, 1.82) is 0 Å². The van der Waals surface area contributed by atoms with E-state index in [1.54, 1.807) is 12.4 Å². The lowest BCUT2D eigenvalue weighted by molar-refractivity contribution is -0.00772. The number of pyridine rings is 1. The Bertz CT molecular complexity index is 683. The fourth-order valence-electron chi connectivity index (χ4n) is 4.01. The predicted octanol–water partition coefficient (Wildman–Crippen LogP) is 2.13. The molecule has 0 amide bonds. The summed E-state index contributed by atoms with van der Waals surface area (Å²) < 4.78 is 6.35. The summed E-state index contributed by atoms with van der Waals surface area (Å²) in [6.45, 7) is 3.58. The topological polar surface area (TPSA) is 54.4 Å². The third-order valence-electron chi connectivity index (χ3n) is 5.36. The van der Waals surface area contributed by atoms with Gasteiger partial charge in [0.05, 0.1) is 24.1 Å². The van der Waals surface area contributed by atoms with Crippen molar-refractivity contribution in [2.24, 2.45) is 0 Å². The van der Waals surface area contributed by atoms with E-state index < -0.39 is 0 Å². The highest BCUT2D eigenvalue weighted by molar-refractivity contribution is 5.37. The van der Waals surface area contributed by atoms with E-state index in [9.17, 15) is 0 Å². The van der Waals surface area contributed by atoms with Gasteiger partial charge in [0.1, 0.15) is 5.82 Å². The molecule has 2 aromatic rings. The molecular formula is C19H25N5O. The Morgan fingerprint density at radius 1 is 1.28 bits per heavy atom. The van der Waals surface area contributed by atoms with Crippen LogP contribution in [0.4, 0.5) is 5.82 Å². The molecule has 2 atom stereocenters. The second-order valence-electron chi connectivity index (χ2n) is 7.18. The molecule has 6 heteroatoms. The van der Waals surface area contributed by atoms with Crippen molar-refractivity contribution in [2.45, 2.75) is 37.5 Å². The molecule has 0 aliphatic carbocycles. The smallest absolute Gasteiger partial charge is 0.147 e. The summed E-state index contributed by atoms with van der Waals surface area (Å²) in [6, 6.07) is 6.52. The van der Waals surface area contributed by atoms with Crippen LogP contribution < -0.4 is 4.90 Å². The van der Waals surface area contributed by atoms with Crippen LogP contribution in [0.2, 0.25) is 0 Å². The van der Waals surface area contributed by atoms with Gasteiger partial charge in [-0.2, -0.15) is 0 Å². The Hall–Kier alpha value is -2.05. The van der Waals surface area contributed by atoms with Crippen molar-refractivity contribution in [3.63, 3.8) is 0 Å². The molecule has 4 heterocycles. The minimum Gasteiger partial charge on any atom is -0.371 e. The zero-order valence-electron chi connectivity index (χ0n) is 14.7. The van der Waals surface area contributed by atoms with Gasteiger partial charge in [-0.25, -0.2) is 4.98 Å². The molecule has 2 aliphatic heterocycles. The Kier molecular flexibility index (Phi) is 4.63. The molecule has 0 aromatic carbocycles. The molecule has 2 aliphatic rings. The van der Waals surface area contributed by atoms with Crippen molar-refractivity contribution in [2.75, 3.05) is 31.6 Å². The van der Waals surface area contributed by atoms with Gasteiger partial charge in [0, 0.05) is 44.3 Å². The standard InChI is InChI=1S/C19H25N5O/c1-23(13-16-5-2-3-7-21-16)17-11-19(25-14-17)6-4-10-24(15-19)18-12-20-8-9-22-18/h2-3,5,7-9,12,17H,4,6,10-11,13-15H2,1H3. The molecule has 2 aromatic heterocycles. The van der Waals surface area contributed by atoms with Crippen molar-refractivity contribution >= 4 is 5.82 Å². The maximum absolute atomic E-state index is 6.35. The SMILES string of the molecule is CN(Cc1ccccn1)C1COC2(CCCN(c3cnccn3)C2)C1. The van der Waals surface area contributed by atoms with Crippen molar-refractivity contribution in [3.05, 3.63) is 48.7 Å². The minimum absolute atomic E-state index is 0.0567. The van der Waals surface area contributed by atoms with Crippen molar-refractivity contribution in [3.8, 4) is 0 Å². The summed E-state index contributed by atoms with van der Waals surface area (Å²) in [5.74, 6) is 0.954. The third kappa shape index (κ3) is 3.65. The minimum atomic E-state index is -0.0567. The zero-order chi connectivity index (χ0) is 17.1. The first-order valence-corrected chi connectivity index (χ1v) is 8.99. The number of piperidine rings is 1. The molecular weight excluding hydrogens is 314 g/mol. The van der Waals surface area contributed by atoms with Gasteiger partial charge in [-0.05, 0) is 38.4 Å². The number of anilines is 1. The average Bonchev–Trinajstić information content (AvgIpc) is 3.07. The van der Waals surface area contributed by atoms with Crippen molar-refractivity contribution < 1.29 is 4.74 Å². The maximum Gasteiger partial charge on any atom is 0.147 e. The summed E-state index contributed by atoms with van der Waals surface area (Å²) in [7, 11) is 2.17. The average molecular weight is 339 g/mol. The molecule has 0 radical (unpaired) electrons. The first-order chi connectivity index (χ1) is 12.2. The van der Waals surface area contributed by atoms with Gasteiger partial charge in [0.2, 0.25) is 0 Å². The van der Waals surface area contributed by atoms with Gasteiger partial charge in [-0.3, -0.25) is 14.9 Å². The van der Waals surface area contributed by atoms with Gasteiger partial charge in [-0.1, -0.05) is 6.07 Å². The molecule has 0 saturated carbocycles. The van der Waals surface area contributed by atoms with E-state index >= 15 is 0 Å². The largest absolute Gasteiger partial charge is 0.371 e. The number of hydrogen-bond donors (Lipinski definition) is 0. The summed E-state index contributed by atoms with van der Waals surface area (Å²) in [5.41, 5.74) is 1.05. The van der Waals surface area contributed by atoms with Gasteiger partial charge in [0.15, 0.2) is 0 Å². The van der Waals surface area contributed by atoms with Gasteiger partial charge < -0.3 is 9.64 Å². The van der Waals surface area contributed by atoms with Gasteiger partial charge in [0.25, 0.3) is 0 Å². The van der Waals surface area contributed by atoms with Crippen LogP contribution in [0.15, 0.2) is 43.0 Å². The van der Waals surface area contributed by atoms with Crippen LogP contribution in [0.25, 0.3) is 0 Å². The molecule has 0 N–H and O–H groups in total. The lowest BCUT2D eigenvalue weighted by atomic mass is 9.88. The normalized spacial score (nSPS) is 26.5. The molecule has 4 rings (SSSR count). The van der Waals surface area contributed by atoms with Gasteiger partial charge in [-0.15, -0.1) is 0 Å². The third-order valence-corrected chi connectivity index (χ3v) is 5.36. The summed E-state index contributed by atoms with van der Waals surface area (Å²) in [6.07, 6.45) is 10.5. The Labute approximate surface area is 148 Å². The predicted molar refractivity (Wildman–Crippen MR) is 96.3 cm³/mol. The van der Waals surface area contributed by atoms with Crippen LogP contribution in [-0.2, 0) is 11.3 Å². The Morgan fingerprint density at radius 2 is 2.24 bits per heavy atom. The van der Waals surface area contributed by atoms with E-state index in [1.165, 1.54) is 0 Å². The van der Waals surface area contributed by atoms with Crippen LogP contribution in [0, 0.1) is 0 Å². The van der Waals surface area contributed by atoms with Crippen LogP contribution in [0.5, 0.6) is 0 Å². The zero-order valence-corrected chi connectivity index (χ0v) is 14.7. The number of nitrogens with zero attached hydrogens (tertiary/aromatic N) is 5. The van der Waals surface area contributed by atoms with Crippen LogP contribution in [-0.4, -0.2) is 58.2 Å². The molecule has 1 spiro atoms. The molecule has 0 bridgehead atoms. The molecule has 2 saturated heterocycles. The van der Waals surface area contributed by atoms with Crippen molar-refractivity contribution in [1.82, 2.24) is 19.9 Å². The fourth-order valence-corrected chi connectivity index (χ4v) is 4.01. The molecule has 25 heavy (non-hydrogen) atoms. The number of rotatable bonds is 4. The number of hydrogen-bond acceptors (Lipinski definition) is 6. The molecule has 132 valence electrons. The maximum atomic E-state index is 6.35.